The lowest BCUT2D eigenvalue weighted by molar-refractivity contribution is 0.0506. The van der Waals surface area contributed by atoms with Gasteiger partial charge in [0.2, 0.25) is 0 Å². The molecule has 1 N–H and O–H groups in total. The average molecular weight is 144 g/mol. The Labute approximate surface area is 62.5 Å². The van der Waals surface area contributed by atoms with Crippen molar-refractivity contribution in [2.24, 2.45) is 5.41 Å². The van der Waals surface area contributed by atoms with Gasteiger partial charge in [0.1, 0.15) is 0 Å². The van der Waals surface area contributed by atoms with E-state index >= 15 is 0 Å². The molecule has 0 aromatic heterocycles. The van der Waals surface area contributed by atoms with Crippen molar-refractivity contribution in [1.29, 1.82) is 0 Å². The maximum absolute atomic E-state index is 8.86. The fraction of sp³-hybridized carbons (Fsp3) is 0.750. The summed E-state index contributed by atoms with van der Waals surface area (Å²) < 4.78 is 5.15. The third-order valence-corrected chi connectivity index (χ3v) is 1.49. The van der Waals surface area contributed by atoms with Crippen LogP contribution < -0.4 is 0 Å². The molecule has 0 saturated heterocycles. The highest BCUT2D eigenvalue weighted by Crippen LogP contribution is 2.16. The highest BCUT2D eigenvalue weighted by atomic mass is 16.5. The second-order valence-electron chi connectivity index (χ2n) is 2.65. The predicted octanol–water partition coefficient (Wildman–Crippen LogP) is 1.21. The van der Waals surface area contributed by atoms with Gasteiger partial charge in [0.15, 0.2) is 0 Å². The third-order valence-electron chi connectivity index (χ3n) is 1.49. The Morgan fingerprint density at radius 1 is 1.70 bits per heavy atom. The fourth-order valence-corrected chi connectivity index (χ4v) is 0.504. The molecule has 0 radical (unpaired) electrons. The lowest BCUT2D eigenvalue weighted by atomic mass is 9.94. The van der Waals surface area contributed by atoms with Gasteiger partial charge in [-0.2, -0.15) is 0 Å². The minimum absolute atomic E-state index is 0.0938. The van der Waals surface area contributed by atoms with Crippen LogP contribution in [-0.4, -0.2) is 24.9 Å². The molecule has 0 fully saturated rings. The molecule has 1 unspecified atom stereocenters. The van der Waals surface area contributed by atoms with Crippen LogP contribution in [0.5, 0.6) is 0 Å². The standard InChI is InChI=1S/C8H16O2/c1-4-8(3,6-9)7-10-5-2/h4,9H,1,5-7H2,2-3H3. The molecule has 2 heteroatoms. The summed E-state index contributed by atoms with van der Waals surface area (Å²) in [5, 5.41) is 8.86. The molecule has 0 amide bonds. The van der Waals surface area contributed by atoms with Gasteiger partial charge >= 0.3 is 0 Å². The molecular formula is C8H16O2. The molecule has 0 aliphatic heterocycles. The molecule has 0 saturated carbocycles. The van der Waals surface area contributed by atoms with Crippen molar-refractivity contribution in [3.8, 4) is 0 Å². The Bertz CT molecular complexity index is 101. The second-order valence-corrected chi connectivity index (χ2v) is 2.65. The molecule has 2 nitrogen and oxygen atoms in total. The molecule has 0 aliphatic carbocycles. The van der Waals surface area contributed by atoms with E-state index in [4.69, 9.17) is 9.84 Å². The molecule has 0 aromatic rings. The summed E-state index contributed by atoms with van der Waals surface area (Å²) in [5.41, 5.74) is -0.268. The molecule has 0 heterocycles. The maximum atomic E-state index is 8.86. The first kappa shape index (κ1) is 9.66. The van der Waals surface area contributed by atoms with Crippen molar-refractivity contribution < 1.29 is 9.84 Å². The van der Waals surface area contributed by atoms with Crippen LogP contribution in [0, 0.1) is 5.41 Å². The van der Waals surface area contributed by atoms with Gasteiger partial charge in [-0.1, -0.05) is 13.0 Å². The molecular weight excluding hydrogens is 128 g/mol. The summed E-state index contributed by atoms with van der Waals surface area (Å²) in [6.07, 6.45) is 1.72. The highest BCUT2D eigenvalue weighted by molar-refractivity contribution is 4.90. The van der Waals surface area contributed by atoms with Gasteiger partial charge in [-0.3, -0.25) is 0 Å². The number of rotatable bonds is 5. The molecule has 1 atom stereocenters. The van der Waals surface area contributed by atoms with Gasteiger partial charge in [0.05, 0.1) is 13.2 Å². The van der Waals surface area contributed by atoms with Gasteiger partial charge in [0, 0.05) is 12.0 Å². The first-order valence-electron chi connectivity index (χ1n) is 3.50. The second kappa shape index (κ2) is 4.47. The van der Waals surface area contributed by atoms with Crippen molar-refractivity contribution >= 4 is 0 Å². The van der Waals surface area contributed by atoms with E-state index in [1.807, 2.05) is 13.8 Å². The summed E-state index contributed by atoms with van der Waals surface area (Å²) in [4.78, 5) is 0. The van der Waals surface area contributed by atoms with Crippen molar-refractivity contribution in [3.63, 3.8) is 0 Å². The van der Waals surface area contributed by atoms with Crippen LogP contribution in [0.15, 0.2) is 12.7 Å². The van der Waals surface area contributed by atoms with Crippen LogP contribution >= 0.6 is 0 Å². The van der Waals surface area contributed by atoms with Gasteiger partial charge in [0.25, 0.3) is 0 Å². The predicted molar refractivity (Wildman–Crippen MR) is 41.9 cm³/mol. The Morgan fingerprint density at radius 3 is 2.60 bits per heavy atom. The van der Waals surface area contributed by atoms with E-state index in [-0.39, 0.29) is 12.0 Å². The van der Waals surface area contributed by atoms with Crippen molar-refractivity contribution in [1.82, 2.24) is 0 Å². The van der Waals surface area contributed by atoms with Gasteiger partial charge in [-0.15, -0.1) is 6.58 Å². The largest absolute Gasteiger partial charge is 0.395 e. The van der Waals surface area contributed by atoms with E-state index in [1.54, 1.807) is 6.08 Å². The monoisotopic (exact) mass is 144 g/mol. The molecule has 0 spiro atoms. The lowest BCUT2D eigenvalue weighted by Crippen LogP contribution is -2.24. The molecule has 0 bridgehead atoms. The number of hydrogen-bond donors (Lipinski definition) is 1. The van der Waals surface area contributed by atoms with Gasteiger partial charge in [-0.05, 0) is 6.92 Å². The zero-order valence-electron chi connectivity index (χ0n) is 6.76. The first-order valence-corrected chi connectivity index (χ1v) is 3.50. The Balaban J connectivity index is 3.68. The van der Waals surface area contributed by atoms with Crippen LogP contribution in [0.25, 0.3) is 0 Å². The zero-order valence-corrected chi connectivity index (χ0v) is 6.76. The fourth-order valence-electron chi connectivity index (χ4n) is 0.504. The van der Waals surface area contributed by atoms with E-state index < -0.39 is 0 Å². The molecule has 0 aromatic carbocycles. The van der Waals surface area contributed by atoms with E-state index in [9.17, 15) is 0 Å². The van der Waals surface area contributed by atoms with Gasteiger partial charge in [-0.25, -0.2) is 0 Å². The van der Waals surface area contributed by atoms with Crippen LogP contribution in [0.1, 0.15) is 13.8 Å². The van der Waals surface area contributed by atoms with Crippen LogP contribution in [0.3, 0.4) is 0 Å². The minimum atomic E-state index is -0.268. The number of aliphatic hydroxyl groups excluding tert-OH is 1. The first-order chi connectivity index (χ1) is 4.68. The summed E-state index contributed by atoms with van der Waals surface area (Å²) in [7, 11) is 0. The van der Waals surface area contributed by atoms with Crippen molar-refractivity contribution in [2.75, 3.05) is 19.8 Å². The topological polar surface area (TPSA) is 29.5 Å². The normalized spacial score (nSPS) is 16.3. The summed E-state index contributed by atoms with van der Waals surface area (Å²) in [6.45, 7) is 8.78. The van der Waals surface area contributed by atoms with E-state index in [1.165, 1.54) is 0 Å². The maximum Gasteiger partial charge on any atom is 0.0576 e. The van der Waals surface area contributed by atoms with Crippen LogP contribution in [0.2, 0.25) is 0 Å². The van der Waals surface area contributed by atoms with Crippen molar-refractivity contribution in [2.45, 2.75) is 13.8 Å². The summed E-state index contributed by atoms with van der Waals surface area (Å²) in [6, 6.07) is 0. The Kier molecular flexibility index (Phi) is 4.32. The molecule has 10 heavy (non-hydrogen) atoms. The Hall–Kier alpha value is -0.340. The number of aliphatic hydroxyl groups is 1. The third kappa shape index (κ3) is 2.99. The van der Waals surface area contributed by atoms with E-state index in [2.05, 4.69) is 6.58 Å². The smallest absolute Gasteiger partial charge is 0.0576 e. The SMILES string of the molecule is C=CC(C)(CO)COCC. The summed E-state index contributed by atoms with van der Waals surface area (Å²) in [5.74, 6) is 0. The number of hydrogen-bond acceptors (Lipinski definition) is 2. The summed E-state index contributed by atoms with van der Waals surface area (Å²) >= 11 is 0. The lowest BCUT2D eigenvalue weighted by Gasteiger charge is -2.21. The van der Waals surface area contributed by atoms with E-state index in [0.717, 1.165) is 0 Å². The molecule has 0 rings (SSSR count). The highest BCUT2D eigenvalue weighted by Gasteiger charge is 2.18. The molecule has 0 aliphatic rings. The average Bonchev–Trinajstić information content (AvgIpc) is 2.00. The van der Waals surface area contributed by atoms with Crippen LogP contribution in [-0.2, 0) is 4.74 Å². The van der Waals surface area contributed by atoms with Crippen molar-refractivity contribution in [3.05, 3.63) is 12.7 Å². The van der Waals surface area contributed by atoms with Crippen LogP contribution in [0.4, 0.5) is 0 Å². The minimum Gasteiger partial charge on any atom is -0.395 e. The molecule has 60 valence electrons. The zero-order chi connectivity index (χ0) is 8.04. The van der Waals surface area contributed by atoms with E-state index in [0.29, 0.717) is 13.2 Å². The van der Waals surface area contributed by atoms with Gasteiger partial charge < -0.3 is 9.84 Å². The number of ether oxygens (including phenoxy) is 1. The Morgan fingerprint density at radius 2 is 2.30 bits per heavy atom. The quantitative estimate of drug-likeness (QED) is 0.588.